The van der Waals surface area contributed by atoms with Gasteiger partial charge in [0.1, 0.15) is 0 Å². The van der Waals surface area contributed by atoms with Crippen LogP contribution in [0.2, 0.25) is 0 Å². The summed E-state index contributed by atoms with van der Waals surface area (Å²) in [5, 5.41) is 0. The highest BCUT2D eigenvalue weighted by molar-refractivity contribution is 6.00. The molecule has 0 aliphatic rings. The molecule has 0 aliphatic carbocycles. The minimum absolute atomic E-state index is 0.281. The first-order valence-corrected chi connectivity index (χ1v) is 7.36. The van der Waals surface area contributed by atoms with Gasteiger partial charge in [0.05, 0.1) is 13.2 Å². The first-order chi connectivity index (χ1) is 9.02. The lowest BCUT2D eigenvalue weighted by atomic mass is 9.75. The smallest absolute Gasteiger partial charge is 0.323 e. The van der Waals surface area contributed by atoms with Gasteiger partial charge >= 0.3 is 11.9 Å². The molecule has 0 aromatic carbocycles. The highest BCUT2D eigenvalue weighted by Crippen LogP contribution is 2.36. The second-order valence-corrected chi connectivity index (χ2v) is 4.76. The fourth-order valence-corrected chi connectivity index (χ4v) is 2.29. The molecule has 19 heavy (non-hydrogen) atoms. The first-order valence-electron chi connectivity index (χ1n) is 7.36. The molecule has 4 heteroatoms. The van der Waals surface area contributed by atoms with Gasteiger partial charge in [0, 0.05) is 0 Å². The molecule has 0 atom stereocenters. The Morgan fingerprint density at radius 1 is 0.895 bits per heavy atom. The summed E-state index contributed by atoms with van der Waals surface area (Å²) in [6.07, 6.45) is 2.81. The third kappa shape index (κ3) is 4.51. The Labute approximate surface area is 116 Å². The van der Waals surface area contributed by atoms with Crippen LogP contribution in [0.1, 0.15) is 60.3 Å². The van der Waals surface area contributed by atoms with Crippen molar-refractivity contribution in [2.45, 2.75) is 60.3 Å². The summed E-state index contributed by atoms with van der Waals surface area (Å²) in [6.45, 7) is 10.1. The molecule has 0 aromatic heterocycles. The van der Waals surface area contributed by atoms with Crippen LogP contribution in [0.15, 0.2) is 0 Å². The maximum Gasteiger partial charge on any atom is 0.323 e. The highest BCUT2D eigenvalue weighted by Gasteiger charge is 2.48. The number of carbonyl (C=O) groups excluding carboxylic acids is 2. The van der Waals surface area contributed by atoms with E-state index in [1.807, 2.05) is 6.92 Å². The molecule has 0 aromatic rings. The van der Waals surface area contributed by atoms with Crippen LogP contribution in [-0.4, -0.2) is 25.2 Å². The predicted octanol–water partition coefficient (Wildman–Crippen LogP) is 3.34. The Kier molecular flexibility index (Phi) is 8.44. The van der Waals surface area contributed by atoms with Gasteiger partial charge in [0.15, 0.2) is 5.41 Å². The molecule has 0 saturated carbocycles. The second-order valence-electron chi connectivity index (χ2n) is 4.76. The van der Waals surface area contributed by atoms with Crippen molar-refractivity contribution in [3.05, 3.63) is 0 Å². The van der Waals surface area contributed by atoms with Gasteiger partial charge in [0.2, 0.25) is 0 Å². The molecular formula is C15H28O4. The van der Waals surface area contributed by atoms with E-state index in [4.69, 9.17) is 9.47 Å². The van der Waals surface area contributed by atoms with E-state index in [1.54, 1.807) is 13.8 Å². The van der Waals surface area contributed by atoms with Gasteiger partial charge in [0.25, 0.3) is 0 Å². The fourth-order valence-electron chi connectivity index (χ4n) is 2.29. The van der Waals surface area contributed by atoms with Crippen molar-refractivity contribution in [3.8, 4) is 0 Å². The standard InChI is InChI=1S/C15H28O4/c1-6-12(7-2)11-15(8-3,13(16)18-9-4)14(17)19-10-5/h12H,6-11H2,1-5H3. The quantitative estimate of drug-likeness (QED) is 0.477. The average Bonchev–Trinajstić information content (AvgIpc) is 2.41. The van der Waals surface area contributed by atoms with Crippen LogP contribution in [0, 0.1) is 11.3 Å². The summed E-state index contributed by atoms with van der Waals surface area (Å²) in [5.41, 5.74) is -1.14. The third-order valence-electron chi connectivity index (χ3n) is 3.73. The molecule has 0 bridgehead atoms. The Morgan fingerprint density at radius 2 is 1.32 bits per heavy atom. The number of hydrogen-bond donors (Lipinski definition) is 0. The zero-order valence-electron chi connectivity index (χ0n) is 13.0. The maximum absolute atomic E-state index is 12.3. The second kappa shape index (κ2) is 8.94. The minimum atomic E-state index is -1.14. The summed E-state index contributed by atoms with van der Waals surface area (Å²) in [6, 6.07) is 0. The van der Waals surface area contributed by atoms with E-state index in [2.05, 4.69) is 13.8 Å². The molecule has 112 valence electrons. The van der Waals surface area contributed by atoms with E-state index >= 15 is 0 Å². The van der Waals surface area contributed by atoms with Crippen molar-refractivity contribution in [2.24, 2.45) is 11.3 Å². The Bertz CT molecular complexity index is 264. The lowest BCUT2D eigenvalue weighted by Crippen LogP contribution is -2.43. The van der Waals surface area contributed by atoms with Gasteiger partial charge in [-0.1, -0.05) is 33.6 Å². The van der Waals surface area contributed by atoms with Crippen LogP contribution in [0.4, 0.5) is 0 Å². The molecule has 0 unspecified atom stereocenters. The molecule has 4 nitrogen and oxygen atoms in total. The number of hydrogen-bond acceptors (Lipinski definition) is 4. The van der Waals surface area contributed by atoms with Crippen LogP contribution in [0.5, 0.6) is 0 Å². The zero-order valence-corrected chi connectivity index (χ0v) is 13.0. The van der Waals surface area contributed by atoms with E-state index in [0.29, 0.717) is 18.8 Å². The largest absolute Gasteiger partial charge is 0.465 e. The lowest BCUT2D eigenvalue weighted by molar-refractivity contribution is -0.174. The summed E-state index contributed by atoms with van der Waals surface area (Å²) in [7, 11) is 0. The van der Waals surface area contributed by atoms with Gasteiger partial charge in [-0.3, -0.25) is 9.59 Å². The van der Waals surface area contributed by atoms with Gasteiger partial charge in [-0.05, 0) is 32.6 Å². The lowest BCUT2D eigenvalue weighted by Gasteiger charge is -2.31. The highest BCUT2D eigenvalue weighted by atomic mass is 16.6. The summed E-state index contributed by atoms with van der Waals surface area (Å²) >= 11 is 0. The number of rotatable bonds is 9. The predicted molar refractivity (Wildman–Crippen MR) is 74.7 cm³/mol. The molecular weight excluding hydrogens is 244 g/mol. The number of esters is 2. The van der Waals surface area contributed by atoms with E-state index in [0.717, 1.165) is 12.8 Å². The summed E-state index contributed by atoms with van der Waals surface area (Å²) in [4.78, 5) is 24.5. The van der Waals surface area contributed by atoms with Crippen LogP contribution in [0.25, 0.3) is 0 Å². The van der Waals surface area contributed by atoms with Crippen LogP contribution in [-0.2, 0) is 19.1 Å². The fraction of sp³-hybridized carbons (Fsp3) is 0.867. The van der Waals surface area contributed by atoms with E-state index in [9.17, 15) is 9.59 Å². The van der Waals surface area contributed by atoms with Crippen molar-refractivity contribution in [1.82, 2.24) is 0 Å². The molecule has 0 heterocycles. The van der Waals surface area contributed by atoms with Crippen molar-refractivity contribution in [2.75, 3.05) is 13.2 Å². The van der Waals surface area contributed by atoms with Crippen molar-refractivity contribution in [1.29, 1.82) is 0 Å². The summed E-state index contributed by atoms with van der Waals surface area (Å²) in [5.74, 6) is -0.556. The van der Waals surface area contributed by atoms with Gasteiger partial charge in [-0.15, -0.1) is 0 Å². The zero-order chi connectivity index (χ0) is 14.9. The summed E-state index contributed by atoms with van der Waals surface area (Å²) < 4.78 is 10.2. The molecule has 0 saturated heterocycles. The molecule has 0 spiro atoms. The average molecular weight is 272 g/mol. The number of carbonyl (C=O) groups is 2. The normalized spacial score (nSPS) is 11.5. The third-order valence-corrected chi connectivity index (χ3v) is 3.73. The van der Waals surface area contributed by atoms with Crippen LogP contribution >= 0.6 is 0 Å². The van der Waals surface area contributed by atoms with Gasteiger partial charge in [-0.2, -0.15) is 0 Å². The number of ether oxygens (including phenoxy) is 2. The Hall–Kier alpha value is -1.06. The van der Waals surface area contributed by atoms with Crippen molar-refractivity contribution < 1.29 is 19.1 Å². The van der Waals surface area contributed by atoms with Crippen LogP contribution in [0.3, 0.4) is 0 Å². The molecule has 0 fully saturated rings. The molecule has 0 rings (SSSR count). The van der Waals surface area contributed by atoms with Crippen molar-refractivity contribution in [3.63, 3.8) is 0 Å². The topological polar surface area (TPSA) is 52.6 Å². The monoisotopic (exact) mass is 272 g/mol. The van der Waals surface area contributed by atoms with Gasteiger partial charge < -0.3 is 9.47 Å². The van der Waals surface area contributed by atoms with Crippen LogP contribution < -0.4 is 0 Å². The van der Waals surface area contributed by atoms with E-state index < -0.39 is 17.4 Å². The van der Waals surface area contributed by atoms with E-state index in [-0.39, 0.29) is 13.2 Å². The molecule has 0 N–H and O–H groups in total. The Balaban J connectivity index is 5.27. The molecule has 0 radical (unpaired) electrons. The molecule has 0 amide bonds. The van der Waals surface area contributed by atoms with E-state index in [1.165, 1.54) is 0 Å². The Morgan fingerprint density at radius 3 is 1.58 bits per heavy atom. The van der Waals surface area contributed by atoms with Gasteiger partial charge in [-0.25, -0.2) is 0 Å². The molecule has 0 aliphatic heterocycles. The van der Waals surface area contributed by atoms with Crippen molar-refractivity contribution >= 4 is 11.9 Å². The first kappa shape index (κ1) is 17.9. The SMILES string of the molecule is CCOC(=O)C(CC)(CC(CC)CC)C(=O)OCC. The minimum Gasteiger partial charge on any atom is -0.465 e. The maximum atomic E-state index is 12.3.